The molecule has 0 fully saturated rings. The van der Waals surface area contributed by atoms with E-state index in [1.165, 1.54) is 19.2 Å². The summed E-state index contributed by atoms with van der Waals surface area (Å²) < 4.78 is 17.5. The number of esters is 1. The third kappa shape index (κ3) is 6.52. The van der Waals surface area contributed by atoms with Gasteiger partial charge in [0, 0.05) is 19.2 Å². The molecule has 0 aliphatic carbocycles. The minimum Gasteiger partial charge on any atom is -0.469 e. The fourth-order valence-corrected chi connectivity index (χ4v) is 1.91. The maximum absolute atomic E-state index is 12.9. The summed E-state index contributed by atoms with van der Waals surface area (Å²) in [6, 6.07) is 6.18. The number of hydrogen-bond donors (Lipinski definition) is 0. The molecular weight excluding hydrogens is 285 g/mol. The van der Waals surface area contributed by atoms with Gasteiger partial charge in [0.15, 0.2) is 0 Å². The number of ether oxygens (including phenoxy) is 1. The van der Waals surface area contributed by atoms with Crippen LogP contribution in [0.5, 0.6) is 0 Å². The largest absolute Gasteiger partial charge is 0.469 e. The summed E-state index contributed by atoms with van der Waals surface area (Å²) >= 11 is 0. The molecule has 0 atom stereocenters. The first-order valence-corrected chi connectivity index (χ1v) is 7.17. The Balaban J connectivity index is 2.67. The van der Waals surface area contributed by atoms with Crippen molar-refractivity contribution < 1.29 is 18.7 Å². The molecule has 4 nitrogen and oxygen atoms in total. The van der Waals surface area contributed by atoms with E-state index in [1.807, 2.05) is 13.8 Å². The van der Waals surface area contributed by atoms with Crippen LogP contribution in [0.25, 0.3) is 0 Å². The van der Waals surface area contributed by atoms with Crippen molar-refractivity contribution in [2.45, 2.75) is 26.7 Å². The molecule has 0 heterocycles. The van der Waals surface area contributed by atoms with E-state index in [9.17, 15) is 14.0 Å². The lowest BCUT2D eigenvalue weighted by Crippen LogP contribution is -2.34. The van der Waals surface area contributed by atoms with E-state index in [1.54, 1.807) is 23.1 Å². The highest BCUT2D eigenvalue weighted by molar-refractivity contribution is 5.88. The highest BCUT2D eigenvalue weighted by atomic mass is 19.1. The first-order valence-electron chi connectivity index (χ1n) is 7.17. The van der Waals surface area contributed by atoms with Gasteiger partial charge >= 0.3 is 5.97 Å². The second-order valence-corrected chi connectivity index (χ2v) is 5.25. The molecular formula is C17H22FNO3. The van der Waals surface area contributed by atoms with Crippen LogP contribution in [0.4, 0.5) is 4.39 Å². The van der Waals surface area contributed by atoms with Crippen LogP contribution in [0.3, 0.4) is 0 Å². The topological polar surface area (TPSA) is 46.6 Å². The number of rotatable bonds is 7. The Kier molecular flexibility index (Phi) is 7.29. The van der Waals surface area contributed by atoms with Crippen molar-refractivity contribution in [2.75, 3.05) is 20.2 Å². The second-order valence-electron chi connectivity index (χ2n) is 5.25. The fourth-order valence-electron chi connectivity index (χ4n) is 1.91. The Morgan fingerprint density at radius 3 is 2.36 bits per heavy atom. The number of amides is 1. The maximum Gasteiger partial charge on any atom is 0.307 e. The van der Waals surface area contributed by atoms with Gasteiger partial charge in [0.2, 0.25) is 5.91 Å². The Morgan fingerprint density at radius 2 is 1.82 bits per heavy atom. The number of nitrogens with zero attached hydrogens (tertiary/aromatic N) is 1. The highest BCUT2D eigenvalue weighted by Gasteiger charge is 2.13. The monoisotopic (exact) mass is 307 g/mol. The Bertz CT molecular complexity index is 533. The zero-order valence-electron chi connectivity index (χ0n) is 13.3. The van der Waals surface area contributed by atoms with Crippen LogP contribution < -0.4 is 0 Å². The number of carbonyl (C=O) groups excluding carboxylic acids is 2. The van der Waals surface area contributed by atoms with Gasteiger partial charge in [0.05, 0.1) is 13.5 Å². The lowest BCUT2D eigenvalue weighted by molar-refractivity contribution is -0.141. The molecule has 1 rings (SSSR count). The second kappa shape index (κ2) is 8.97. The molecule has 0 unspecified atom stereocenters. The number of halogens is 1. The van der Waals surface area contributed by atoms with Gasteiger partial charge in [-0.1, -0.05) is 17.7 Å². The molecule has 22 heavy (non-hydrogen) atoms. The zero-order valence-corrected chi connectivity index (χ0v) is 13.3. The van der Waals surface area contributed by atoms with E-state index < -0.39 is 0 Å². The van der Waals surface area contributed by atoms with Crippen LogP contribution in [0.15, 0.2) is 35.9 Å². The van der Waals surface area contributed by atoms with Crippen molar-refractivity contribution in [2.24, 2.45) is 0 Å². The molecule has 1 amide bonds. The van der Waals surface area contributed by atoms with Crippen molar-refractivity contribution in [3.05, 3.63) is 47.3 Å². The Labute approximate surface area is 130 Å². The third-order valence-corrected chi connectivity index (χ3v) is 3.12. The van der Waals surface area contributed by atoms with E-state index in [4.69, 9.17) is 0 Å². The number of allylic oxidation sites excluding steroid dienone is 1. The van der Waals surface area contributed by atoms with Gasteiger partial charge < -0.3 is 9.64 Å². The molecule has 0 radical (unpaired) electrons. The van der Waals surface area contributed by atoms with Gasteiger partial charge in [0.25, 0.3) is 0 Å². The van der Waals surface area contributed by atoms with Crippen molar-refractivity contribution in [1.82, 2.24) is 4.90 Å². The van der Waals surface area contributed by atoms with Crippen molar-refractivity contribution in [1.29, 1.82) is 0 Å². The lowest BCUT2D eigenvalue weighted by atomic mass is 10.1. The molecule has 1 aromatic rings. The molecule has 0 spiro atoms. The first-order chi connectivity index (χ1) is 10.4. The van der Waals surface area contributed by atoms with E-state index in [-0.39, 0.29) is 24.1 Å². The average Bonchev–Trinajstić information content (AvgIpc) is 2.47. The van der Waals surface area contributed by atoms with Gasteiger partial charge in [-0.3, -0.25) is 9.59 Å². The summed E-state index contributed by atoms with van der Waals surface area (Å²) in [4.78, 5) is 25.0. The van der Waals surface area contributed by atoms with E-state index in [0.29, 0.717) is 19.5 Å². The predicted octanol–water partition coefficient (Wildman–Crippen LogP) is 2.73. The summed E-state index contributed by atoms with van der Waals surface area (Å²) in [7, 11) is 1.32. The van der Waals surface area contributed by atoms with Gasteiger partial charge in [-0.05, 0) is 38.0 Å². The van der Waals surface area contributed by atoms with Gasteiger partial charge in [-0.25, -0.2) is 4.39 Å². The molecule has 0 saturated heterocycles. The first kappa shape index (κ1) is 17.9. The summed E-state index contributed by atoms with van der Waals surface area (Å²) in [5, 5.41) is 0. The normalized spacial score (nSPS) is 10.0. The lowest BCUT2D eigenvalue weighted by Gasteiger charge is -2.21. The SMILES string of the molecule is COC(=O)CCN(CCc1ccc(F)cc1)C(=O)C=C(C)C. The number of methoxy groups -OCH3 is 1. The molecule has 0 saturated carbocycles. The smallest absolute Gasteiger partial charge is 0.307 e. The van der Waals surface area contributed by atoms with Crippen LogP contribution in [0.2, 0.25) is 0 Å². The number of hydrogen-bond acceptors (Lipinski definition) is 3. The van der Waals surface area contributed by atoms with Crippen LogP contribution in [0.1, 0.15) is 25.8 Å². The highest BCUT2D eigenvalue weighted by Crippen LogP contribution is 2.06. The molecule has 1 aromatic carbocycles. The fraction of sp³-hybridized carbons (Fsp3) is 0.412. The summed E-state index contributed by atoms with van der Waals surface area (Å²) in [5.74, 6) is -0.769. The molecule has 120 valence electrons. The zero-order chi connectivity index (χ0) is 16.5. The van der Waals surface area contributed by atoms with Crippen molar-refractivity contribution in [3.63, 3.8) is 0 Å². The molecule has 0 bridgehead atoms. The third-order valence-electron chi connectivity index (χ3n) is 3.12. The van der Waals surface area contributed by atoms with Crippen LogP contribution in [0, 0.1) is 5.82 Å². The van der Waals surface area contributed by atoms with Gasteiger partial charge in [-0.2, -0.15) is 0 Å². The number of carbonyl (C=O) groups is 2. The molecule has 5 heteroatoms. The summed E-state index contributed by atoms with van der Waals surface area (Å²) in [6.45, 7) is 4.45. The van der Waals surface area contributed by atoms with Crippen LogP contribution in [-0.4, -0.2) is 37.0 Å². The van der Waals surface area contributed by atoms with Gasteiger partial charge in [0.1, 0.15) is 5.82 Å². The average molecular weight is 307 g/mol. The van der Waals surface area contributed by atoms with E-state index in [2.05, 4.69) is 4.74 Å². The Morgan fingerprint density at radius 1 is 1.18 bits per heavy atom. The molecule has 0 aliphatic rings. The standard InChI is InChI=1S/C17H22FNO3/c1-13(2)12-16(20)19(11-9-17(21)22-3)10-8-14-4-6-15(18)7-5-14/h4-7,12H,8-11H2,1-3H3. The quantitative estimate of drug-likeness (QED) is 0.575. The van der Waals surface area contributed by atoms with E-state index >= 15 is 0 Å². The van der Waals surface area contributed by atoms with Crippen molar-refractivity contribution >= 4 is 11.9 Å². The minimum atomic E-state index is -0.350. The van der Waals surface area contributed by atoms with Crippen LogP contribution in [-0.2, 0) is 20.7 Å². The Hall–Kier alpha value is -2.17. The number of benzene rings is 1. The molecule has 0 aromatic heterocycles. The molecule has 0 aliphatic heterocycles. The maximum atomic E-state index is 12.9. The van der Waals surface area contributed by atoms with Crippen molar-refractivity contribution in [3.8, 4) is 0 Å². The molecule has 0 N–H and O–H groups in total. The van der Waals surface area contributed by atoms with Gasteiger partial charge in [-0.15, -0.1) is 0 Å². The van der Waals surface area contributed by atoms with Crippen LogP contribution >= 0.6 is 0 Å². The summed E-state index contributed by atoms with van der Waals surface area (Å²) in [5.41, 5.74) is 1.84. The van der Waals surface area contributed by atoms with E-state index in [0.717, 1.165) is 11.1 Å². The minimum absolute atomic E-state index is 0.133. The predicted molar refractivity (Wildman–Crippen MR) is 82.7 cm³/mol. The summed E-state index contributed by atoms with van der Waals surface area (Å²) in [6.07, 6.45) is 2.30.